The van der Waals surface area contributed by atoms with Gasteiger partial charge in [-0.25, -0.2) is 0 Å². The van der Waals surface area contributed by atoms with Crippen molar-refractivity contribution >= 4 is 40.7 Å². The van der Waals surface area contributed by atoms with Crippen LogP contribution in [0.25, 0.3) is 0 Å². The molecule has 1 saturated heterocycles. The molecule has 0 aromatic heterocycles. The second kappa shape index (κ2) is 6.45. The molecule has 2 aliphatic carbocycles. The van der Waals surface area contributed by atoms with Gasteiger partial charge >= 0.3 is 0 Å². The summed E-state index contributed by atoms with van der Waals surface area (Å²) in [5, 5.41) is 3.33. The number of benzene rings is 2. The van der Waals surface area contributed by atoms with Gasteiger partial charge in [-0.05, 0) is 73.6 Å². The number of nitrogens with zero attached hydrogens (tertiary/aromatic N) is 1. The molecule has 5 rings (SSSR count). The maximum Gasteiger partial charge on any atom is 0.255 e. The van der Waals surface area contributed by atoms with Crippen LogP contribution in [-0.2, 0) is 9.59 Å². The molecular weight excluding hydrogens is 376 g/mol. The molecule has 0 radical (unpaired) electrons. The van der Waals surface area contributed by atoms with Gasteiger partial charge in [0.1, 0.15) is 0 Å². The summed E-state index contributed by atoms with van der Waals surface area (Å²) >= 11 is 5.94. The number of amides is 3. The molecule has 4 atom stereocenters. The van der Waals surface area contributed by atoms with Crippen LogP contribution < -0.4 is 10.2 Å². The Morgan fingerprint density at radius 3 is 2.21 bits per heavy atom. The number of carbonyl (C=O) groups is 3. The van der Waals surface area contributed by atoms with Crippen LogP contribution in [0.5, 0.6) is 0 Å². The van der Waals surface area contributed by atoms with Crippen molar-refractivity contribution in [1.29, 1.82) is 0 Å². The maximum absolute atomic E-state index is 12.9. The Morgan fingerprint density at radius 1 is 0.964 bits per heavy atom. The fraction of sp³-hybridized carbons (Fsp3) is 0.318. The molecule has 2 saturated carbocycles. The summed E-state index contributed by atoms with van der Waals surface area (Å²) in [6.07, 6.45) is 3.13. The normalized spacial score (nSPS) is 28.0. The van der Waals surface area contributed by atoms with E-state index in [2.05, 4.69) is 5.32 Å². The van der Waals surface area contributed by atoms with Crippen LogP contribution in [0.2, 0.25) is 5.02 Å². The smallest absolute Gasteiger partial charge is 0.255 e. The summed E-state index contributed by atoms with van der Waals surface area (Å²) in [4.78, 5) is 39.6. The Hall–Kier alpha value is -2.66. The fourth-order valence-electron chi connectivity index (χ4n) is 5.19. The van der Waals surface area contributed by atoms with E-state index in [-0.39, 0.29) is 29.6 Å². The van der Waals surface area contributed by atoms with E-state index < -0.39 is 0 Å². The standard InChI is InChI=1S/C22H19ClN2O3/c23-15-2-1-3-16(11-15)24-20(26)12-6-8-17(9-7-12)25-21(27)18-13-4-5-14(10-13)19(18)22(25)28/h1-3,6-9,11,13-14,18-19H,4-5,10H2,(H,24,26)/t13-,14+,18-,19-/m0/s1. The van der Waals surface area contributed by atoms with Gasteiger partial charge in [0.25, 0.3) is 5.91 Å². The van der Waals surface area contributed by atoms with Gasteiger partial charge in [0.15, 0.2) is 0 Å². The number of hydrogen-bond donors (Lipinski definition) is 1. The van der Waals surface area contributed by atoms with Crippen LogP contribution in [0, 0.1) is 23.7 Å². The van der Waals surface area contributed by atoms with Gasteiger partial charge < -0.3 is 5.32 Å². The van der Waals surface area contributed by atoms with Crippen LogP contribution in [0.1, 0.15) is 29.6 Å². The van der Waals surface area contributed by atoms with Crippen LogP contribution >= 0.6 is 11.6 Å². The predicted octanol–water partition coefficient (Wildman–Crippen LogP) is 4.13. The minimum atomic E-state index is -0.275. The molecule has 0 unspecified atom stereocenters. The minimum Gasteiger partial charge on any atom is -0.322 e. The lowest BCUT2D eigenvalue weighted by Gasteiger charge is -2.19. The lowest BCUT2D eigenvalue weighted by atomic mass is 9.81. The van der Waals surface area contributed by atoms with E-state index >= 15 is 0 Å². The summed E-state index contributed by atoms with van der Waals surface area (Å²) in [7, 11) is 0. The number of nitrogens with one attached hydrogen (secondary N) is 1. The third-order valence-electron chi connectivity index (χ3n) is 6.40. The summed E-state index contributed by atoms with van der Waals surface area (Å²) < 4.78 is 0. The van der Waals surface area contributed by atoms with Crippen LogP contribution in [0.15, 0.2) is 48.5 Å². The number of hydrogen-bond acceptors (Lipinski definition) is 3. The van der Waals surface area contributed by atoms with Gasteiger partial charge in [-0.15, -0.1) is 0 Å². The summed E-state index contributed by atoms with van der Waals surface area (Å²) in [6, 6.07) is 13.5. The van der Waals surface area contributed by atoms with Crippen molar-refractivity contribution in [1.82, 2.24) is 0 Å². The molecule has 5 nitrogen and oxygen atoms in total. The molecule has 1 aliphatic heterocycles. The number of anilines is 2. The van der Waals surface area contributed by atoms with E-state index in [0.717, 1.165) is 19.3 Å². The first-order valence-electron chi connectivity index (χ1n) is 9.58. The quantitative estimate of drug-likeness (QED) is 0.796. The lowest BCUT2D eigenvalue weighted by Crippen LogP contribution is -2.32. The third-order valence-corrected chi connectivity index (χ3v) is 6.63. The molecule has 3 aliphatic rings. The number of halogens is 1. The Kier molecular flexibility index (Phi) is 4.02. The number of fused-ring (bicyclic) bond motifs is 5. The summed E-state index contributed by atoms with van der Waals surface area (Å²) in [5.74, 6) is 0.0203. The predicted molar refractivity (Wildman–Crippen MR) is 106 cm³/mol. The molecule has 142 valence electrons. The second-order valence-electron chi connectivity index (χ2n) is 7.91. The first-order valence-corrected chi connectivity index (χ1v) is 9.95. The van der Waals surface area contributed by atoms with Gasteiger partial charge in [0, 0.05) is 16.3 Å². The molecule has 3 fully saturated rings. The van der Waals surface area contributed by atoms with Crippen molar-refractivity contribution in [2.24, 2.45) is 23.7 Å². The monoisotopic (exact) mass is 394 g/mol. The van der Waals surface area contributed by atoms with Crippen molar-refractivity contribution in [3.05, 3.63) is 59.1 Å². The number of rotatable bonds is 3. The summed E-state index contributed by atoms with van der Waals surface area (Å²) in [5.41, 5.74) is 1.60. The van der Waals surface area contributed by atoms with Gasteiger partial charge in [-0.1, -0.05) is 17.7 Å². The van der Waals surface area contributed by atoms with Gasteiger partial charge in [0.05, 0.1) is 17.5 Å². The molecule has 6 heteroatoms. The highest BCUT2D eigenvalue weighted by molar-refractivity contribution is 6.31. The van der Waals surface area contributed by atoms with E-state index in [1.54, 1.807) is 48.5 Å². The molecule has 1 heterocycles. The Bertz CT molecular complexity index is 960. The van der Waals surface area contributed by atoms with Gasteiger partial charge in [0.2, 0.25) is 11.8 Å². The average molecular weight is 395 g/mol. The van der Waals surface area contributed by atoms with E-state index in [1.807, 2.05) is 0 Å². The fourth-order valence-corrected chi connectivity index (χ4v) is 5.38. The van der Waals surface area contributed by atoms with Gasteiger partial charge in [-0.2, -0.15) is 0 Å². The van der Waals surface area contributed by atoms with Gasteiger partial charge in [-0.3, -0.25) is 19.3 Å². The Morgan fingerprint density at radius 2 is 1.61 bits per heavy atom. The second-order valence-corrected chi connectivity index (χ2v) is 8.34. The van der Waals surface area contributed by atoms with Crippen LogP contribution in [0.3, 0.4) is 0 Å². The highest BCUT2D eigenvalue weighted by atomic mass is 35.5. The van der Waals surface area contributed by atoms with E-state index in [1.165, 1.54) is 4.90 Å². The van der Waals surface area contributed by atoms with Crippen LogP contribution in [-0.4, -0.2) is 17.7 Å². The third kappa shape index (κ3) is 2.65. The van der Waals surface area contributed by atoms with Crippen molar-refractivity contribution < 1.29 is 14.4 Å². The highest BCUT2D eigenvalue weighted by Crippen LogP contribution is 2.56. The van der Waals surface area contributed by atoms with Crippen molar-refractivity contribution in [2.45, 2.75) is 19.3 Å². The zero-order chi connectivity index (χ0) is 19.4. The Labute approximate surface area is 167 Å². The molecule has 28 heavy (non-hydrogen) atoms. The zero-order valence-corrected chi connectivity index (χ0v) is 15.9. The van der Waals surface area contributed by atoms with E-state index in [9.17, 15) is 14.4 Å². The molecule has 2 aromatic carbocycles. The van der Waals surface area contributed by atoms with E-state index in [4.69, 9.17) is 11.6 Å². The minimum absolute atomic E-state index is 0.0710. The van der Waals surface area contributed by atoms with Crippen molar-refractivity contribution in [3.8, 4) is 0 Å². The Balaban J connectivity index is 1.35. The van der Waals surface area contributed by atoms with Crippen LogP contribution in [0.4, 0.5) is 11.4 Å². The summed E-state index contributed by atoms with van der Waals surface area (Å²) in [6.45, 7) is 0. The molecular formula is C22H19ClN2O3. The van der Waals surface area contributed by atoms with E-state index in [0.29, 0.717) is 33.8 Å². The maximum atomic E-state index is 12.9. The molecule has 2 aromatic rings. The topological polar surface area (TPSA) is 66.5 Å². The molecule has 1 N–H and O–H groups in total. The highest BCUT2D eigenvalue weighted by Gasteiger charge is 2.61. The number of carbonyl (C=O) groups excluding carboxylic acids is 3. The molecule has 2 bridgehead atoms. The first-order chi connectivity index (χ1) is 13.5. The SMILES string of the molecule is O=C(Nc1cccc(Cl)c1)c1ccc(N2C(=O)[C@H]3[C@@H]4CC[C@@H](C4)[C@@H]3C2=O)cc1. The largest absolute Gasteiger partial charge is 0.322 e. The number of imide groups is 1. The zero-order valence-electron chi connectivity index (χ0n) is 15.1. The van der Waals surface area contributed by atoms with Crippen molar-refractivity contribution in [3.63, 3.8) is 0 Å². The average Bonchev–Trinajstić information content (AvgIpc) is 3.36. The lowest BCUT2D eigenvalue weighted by molar-refractivity contribution is -0.123. The van der Waals surface area contributed by atoms with Crippen molar-refractivity contribution in [2.75, 3.05) is 10.2 Å². The first kappa shape index (κ1) is 17.4. The molecule has 0 spiro atoms. The molecule has 3 amide bonds.